The van der Waals surface area contributed by atoms with Crippen molar-refractivity contribution >= 4 is 57.5 Å². The lowest BCUT2D eigenvalue weighted by Crippen LogP contribution is -2.22. The Morgan fingerprint density at radius 2 is 1.61 bits per heavy atom. The summed E-state index contributed by atoms with van der Waals surface area (Å²) >= 11 is 0.664. The Morgan fingerprint density at radius 3 is 2.17 bits per heavy atom. The summed E-state index contributed by atoms with van der Waals surface area (Å²) in [4.78, 5) is 36.6. The van der Waals surface area contributed by atoms with Crippen molar-refractivity contribution in [1.82, 2.24) is 9.78 Å². The molecular formula is C23H16N4O12S2. The number of carbonyl (C=O) groups excluding carboxylic acids is 1. The van der Waals surface area contributed by atoms with Crippen LogP contribution in [-0.2, 0) is 29.1 Å². The predicted octanol–water partition coefficient (Wildman–Crippen LogP) is 2.38. The van der Waals surface area contributed by atoms with Crippen LogP contribution in [0.15, 0.2) is 81.1 Å². The molecule has 0 bridgehead atoms. The van der Waals surface area contributed by atoms with Crippen molar-refractivity contribution in [3.8, 4) is 11.6 Å². The van der Waals surface area contributed by atoms with Gasteiger partial charge >= 0.3 is 11.9 Å². The highest BCUT2D eigenvalue weighted by molar-refractivity contribution is 7.94. The van der Waals surface area contributed by atoms with E-state index < -0.39 is 50.1 Å². The second kappa shape index (κ2) is 11.7. The first kappa shape index (κ1) is 29.1. The minimum atomic E-state index is -4.50. The first-order valence-electron chi connectivity index (χ1n) is 10.9. The third-order valence-electron chi connectivity index (χ3n) is 5.33. The summed E-state index contributed by atoms with van der Waals surface area (Å²) in [5, 5.41) is 50.0. The second-order valence-electron chi connectivity index (χ2n) is 7.80. The van der Waals surface area contributed by atoms with Gasteiger partial charge in [0.1, 0.15) is 0 Å². The molecule has 2 heterocycles. The van der Waals surface area contributed by atoms with E-state index in [0.29, 0.717) is 16.9 Å². The Morgan fingerprint density at radius 1 is 0.976 bits per heavy atom. The number of aromatic hydroxyl groups is 1. The molecular weight excluding hydrogens is 588 g/mol. The van der Waals surface area contributed by atoms with Crippen LogP contribution < -0.4 is 5.01 Å². The number of hydrogen-bond acceptors (Lipinski definition) is 12. The summed E-state index contributed by atoms with van der Waals surface area (Å²) in [6.07, 6.45) is 3.26. The number of aliphatic carboxylic acids is 1. The van der Waals surface area contributed by atoms with E-state index in [0.717, 1.165) is 52.2 Å². The van der Waals surface area contributed by atoms with Gasteiger partial charge in [-0.15, -0.1) is 4.33 Å². The van der Waals surface area contributed by atoms with Gasteiger partial charge in [0, 0.05) is 4.90 Å². The maximum atomic E-state index is 13.0. The van der Waals surface area contributed by atoms with Gasteiger partial charge in [0.15, 0.2) is 11.4 Å². The Kier molecular flexibility index (Phi) is 8.33. The van der Waals surface area contributed by atoms with Crippen molar-refractivity contribution in [1.29, 1.82) is 0 Å². The molecule has 0 radical (unpaired) electrons. The summed E-state index contributed by atoms with van der Waals surface area (Å²) in [5.74, 6) is -4.54. The van der Waals surface area contributed by atoms with Crippen LogP contribution in [0, 0.1) is 0 Å². The van der Waals surface area contributed by atoms with Gasteiger partial charge in [0.2, 0.25) is 5.88 Å². The zero-order valence-corrected chi connectivity index (χ0v) is 21.7. The summed E-state index contributed by atoms with van der Waals surface area (Å²) in [7, 11) is -4.50. The number of anilines is 1. The van der Waals surface area contributed by atoms with E-state index in [1.165, 1.54) is 24.3 Å². The van der Waals surface area contributed by atoms with Gasteiger partial charge in [0.25, 0.3) is 16.0 Å². The van der Waals surface area contributed by atoms with Crippen LogP contribution in [0.25, 0.3) is 11.8 Å². The highest BCUT2D eigenvalue weighted by atomic mass is 32.2. The molecule has 1 aliphatic heterocycles. The summed E-state index contributed by atoms with van der Waals surface area (Å²) in [5.41, 5.74) is -1.64. The van der Waals surface area contributed by atoms with E-state index in [4.69, 9.17) is 9.81 Å². The number of benzene rings is 2. The predicted molar refractivity (Wildman–Crippen MR) is 139 cm³/mol. The van der Waals surface area contributed by atoms with E-state index in [9.17, 15) is 38.1 Å². The van der Waals surface area contributed by atoms with Crippen LogP contribution in [0.2, 0.25) is 0 Å². The van der Waals surface area contributed by atoms with Crippen LogP contribution in [0.3, 0.4) is 0 Å². The third kappa shape index (κ3) is 6.17. The van der Waals surface area contributed by atoms with Crippen molar-refractivity contribution in [2.75, 3.05) is 5.01 Å². The molecule has 212 valence electrons. The lowest BCUT2D eigenvalue weighted by molar-refractivity contribution is -0.432. The summed E-state index contributed by atoms with van der Waals surface area (Å²) < 4.78 is 36.8. The van der Waals surface area contributed by atoms with E-state index in [-0.39, 0.29) is 22.5 Å². The number of allylic oxidation sites excluding steroid dienone is 2. The fourth-order valence-corrected chi connectivity index (χ4v) is 4.34. The van der Waals surface area contributed by atoms with Gasteiger partial charge in [-0.05, 0) is 60.7 Å². The molecule has 18 heteroatoms. The molecule has 1 amide bonds. The van der Waals surface area contributed by atoms with Gasteiger partial charge < -0.3 is 15.3 Å². The van der Waals surface area contributed by atoms with Crippen molar-refractivity contribution < 1.29 is 57.3 Å². The molecule has 1 aromatic heterocycles. The molecule has 0 spiro atoms. The summed E-state index contributed by atoms with van der Waals surface area (Å²) in [6.45, 7) is 0. The number of carboxylic acid groups (broad SMARTS) is 2. The van der Waals surface area contributed by atoms with Crippen LogP contribution >= 0.6 is 12.0 Å². The molecule has 0 saturated heterocycles. The first-order valence-corrected chi connectivity index (χ1v) is 13.0. The van der Waals surface area contributed by atoms with Gasteiger partial charge in [0.05, 0.1) is 39.4 Å². The minimum Gasteiger partial charge on any atom is -0.493 e. The number of hydrazone groups is 1. The van der Waals surface area contributed by atoms with E-state index in [1.54, 1.807) is 0 Å². The quantitative estimate of drug-likeness (QED) is 0.0734. The molecule has 41 heavy (non-hydrogen) atoms. The maximum absolute atomic E-state index is 13.0. The molecule has 0 saturated carbocycles. The third-order valence-corrected chi connectivity index (χ3v) is 6.79. The Bertz CT molecular complexity index is 1730. The number of amides is 1. The lowest BCUT2D eigenvalue weighted by atomic mass is 10.1. The van der Waals surface area contributed by atoms with Crippen molar-refractivity contribution in [2.45, 2.75) is 9.79 Å². The molecule has 0 aliphatic carbocycles. The molecule has 0 unspecified atom stereocenters. The Balaban J connectivity index is 1.65. The largest absolute Gasteiger partial charge is 0.493 e. The molecule has 1 aliphatic rings. The Hall–Kier alpha value is -4.85. The average Bonchev–Trinajstić information content (AvgIpc) is 3.44. The van der Waals surface area contributed by atoms with Crippen LogP contribution in [-0.4, -0.2) is 66.9 Å². The molecule has 4 rings (SSSR count). The Labute approximate surface area is 233 Å². The van der Waals surface area contributed by atoms with Crippen molar-refractivity contribution in [3.05, 3.63) is 77.5 Å². The number of aromatic carboxylic acids is 1. The van der Waals surface area contributed by atoms with E-state index >= 15 is 0 Å². The number of nitrogens with zero attached hydrogens (tertiary/aromatic N) is 4. The second-order valence-corrected chi connectivity index (χ2v) is 10.00. The van der Waals surface area contributed by atoms with Crippen LogP contribution in [0.4, 0.5) is 5.69 Å². The topological polar surface area (TPSA) is 238 Å². The van der Waals surface area contributed by atoms with E-state index in [2.05, 4.69) is 19.6 Å². The fourth-order valence-electron chi connectivity index (χ4n) is 3.51. The normalized spacial score (nSPS) is 14.7. The standard InChI is InChI=1S/C23H16N4O12S2/c28-20-16(18(22(30)31)24-26(20)12-4-8-14(9-5-12)40-39-38-34)2-1-3-17-19(23(32)33)25-27(21(17)29)13-6-10-15(11-7-13)41(35,36)37/h1-11,29,34H,(H,30,31)(H,32,33)(H,35,36,37)/b3-1+,16-2+. The zero-order chi connectivity index (χ0) is 29.9. The molecule has 3 aromatic rings. The number of rotatable bonds is 10. The van der Waals surface area contributed by atoms with Crippen molar-refractivity contribution in [2.24, 2.45) is 5.10 Å². The molecule has 2 aromatic carbocycles. The van der Waals surface area contributed by atoms with Crippen LogP contribution in [0.1, 0.15) is 16.1 Å². The SMILES string of the molecule is O=C(O)C1=NN(c2ccc(SOOO)cc2)C(=O)/C1=C/C=C/c1c(C(=O)O)nn(-c2ccc(S(=O)(=O)O)cc2)c1O. The number of carboxylic acids is 2. The average molecular weight is 605 g/mol. The van der Waals surface area contributed by atoms with Crippen molar-refractivity contribution in [3.63, 3.8) is 0 Å². The monoisotopic (exact) mass is 604 g/mol. The van der Waals surface area contributed by atoms with Gasteiger partial charge in [-0.3, -0.25) is 9.35 Å². The zero-order valence-electron chi connectivity index (χ0n) is 20.1. The highest BCUT2D eigenvalue weighted by Crippen LogP contribution is 2.29. The highest BCUT2D eigenvalue weighted by Gasteiger charge is 2.34. The van der Waals surface area contributed by atoms with E-state index in [1.807, 2.05) is 0 Å². The smallest absolute Gasteiger partial charge is 0.357 e. The number of aromatic nitrogens is 2. The molecule has 0 atom stereocenters. The van der Waals surface area contributed by atoms with Gasteiger partial charge in [-0.2, -0.15) is 28.3 Å². The lowest BCUT2D eigenvalue weighted by Gasteiger charge is -2.11. The van der Waals surface area contributed by atoms with Gasteiger partial charge in [-0.1, -0.05) is 11.1 Å². The number of carbonyl (C=O) groups is 3. The summed E-state index contributed by atoms with van der Waals surface area (Å²) in [6, 6.07) is 10.2. The number of hydrogen-bond donors (Lipinski definition) is 5. The molecule has 0 fully saturated rings. The van der Waals surface area contributed by atoms with Gasteiger partial charge in [-0.25, -0.2) is 14.8 Å². The molecule has 5 N–H and O–H groups in total. The first-order chi connectivity index (χ1) is 19.4. The molecule has 16 nitrogen and oxygen atoms in total. The van der Waals surface area contributed by atoms with Crippen LogP contribution in [0.5, 0.6) is 5.88 Å². The minimum absolute atomic E-state index is 0.0529. The fraction of sp³-hybridized carbons (Fsp3) is 0. The maximum Gasteiger partial charge on any atom is 0.357 e.